The first-order valence-electron chi connectivity index (χ1n) is 5.57. The highest BCUT2D eigenvalue weighted by molar-refractivity contribution is 6.31. The molecule has 1 aromatic heterocycles. The molecule has 6 heteroatoms. The van der Waals surface area contributed by atoms with Gasteiger partial charge in [-0.1, -0.05) is 11.6 Å². The van der Waals surface area contributed by atoms with E-state index in [1.54, 1.807) is 0 Å². The number of halogens is 2. The molecule has 0 bridgehead atoms. The molecule has 0 radical (unpaired) electrons. The molecule has 2 unspecified atom stereocenters. The highest BCUT2D eigenvalue weighted by atomic mass is 35.5. The van der Waals surface area contributed by atoms with Gasteiger partial charge in [-0.2, -0.15) is 0 Å². The van der Waals surface area contributed by atoms with Crippen molar-refractivity contribution in [3.05, 3.63) is 17.0 Å². The zero-order chi connectivity index (χ0) is 12.4. The van der Waals surface area contributed by atoms with Crippen molar-refractivity contribution < 1.29 is 4.74 Å². The van der Waals surface area contributed by atoms with Crippen molar-refractivity contribution in [3.63, 3.8) is 0 Å². The van der Waals surface area contributed by atoms with Gasteiger partial charge in [0, 0.05) is 12.1 Å². The van der Waals surface area contributed by atoms with Gasteiger partial charge in [-0.05, 0) is 13.8 Å². The van der Waals surface area contributed by atoms with E-state index in [2.05, 4.69) is 21.8 Å². The second-order valence-corrected chi connectivity index (χ2v) is 4.87. The molecule has 1 aliphatic heterocycles. The van der Waals surface area contributed by atoms with E-state index in [1.807, 2.05) is 6.92 Å². The van der Waals surface area contributed by atoms with E-state index in [0.717, 1.165) is 17.9 Å². The van der Waals surface area contributed by atoms with Crippen LogP contribution in [0, 0.1) is 0 Å². The molecular formula is C11H15Cl2N3O. The Morgan fingerprint density at radius 1 is 1.47 bits per heavy atom. The Kier molecular flexibility index (Phi) is 4.07. The van der Waals surface area contributed by atoms with Crippen LogP contribution in [0.15, 0.2) is 6.33 Å². The van der Waals surface area contributed by atoms with Crippen molar-refractivity contribution in [1.82, 2.24) is 9.97 Å². The Balaban J connectivity index is 2.35. The van der Waals surface area contributed by atoms with E-state index >= 15 is 0 Å². The molecule has 17 heavy (non-hydrogen) atoms. The first kappa shape index (κ1) is 12.9. The lowest BCUT2D eigenvalue weighted by Crippen LogP contribution is -2.48. The molecular weight excluding hydrogens is 261 g/mol. The molecule has 1 aromatic rings. The van der Waals surface area contributed by atoms with Crippen molar-refractivity contribution in [2.75, 3.05) is 18.1 Å². The minimum Gasteiger partial charge on any atom is -0.375 e. The van der Waals surface area contributed by atoms with E-state index in [0.29, 0.717) is 17.6 Å². The summed E-state index contributed by atoms with van der Waals surface area (Å²) in [6.07, 6.45) is 1.66. The average molecular weight is 276 g/mol. The first-order valence-corrected chi connectivity index (χ1v) is 6.48. The van der Waals surface area contributed by atoms with Crippen LogP contribution in [0.2, 0.25) is 5.15 Å². The third kappa shape index (κ3) is 2.64. The lowest BCUT2D eigenvalue weighted by Gasteiger charge is -2.38. The van der Waals surface area contributed by atoms with E-state index in [-0.39, 0.29) is 12.1 Å². The molecule has 2 rings (SSSR count). The third-order valence-corrected chi connectivity index (χ3v) is 3.48. The Bertz CT molecular complexity index is 402. The summed E-state index contributed by atoms with van der Waals surface area (Å²) in [5.74, 6) is 1.13. The largest absolute Gasteiger partial charge is 0.375 e. The summed E-state index contributed by atoms with van der Waals surface area (Å²) in [5, 5.41) is 0.427. The highest BCUT2D eigenvalue weighted by Crippen LogP contribution is 2.28. The lowest BCUT2D eigenvalue weighted by atomic mass is 10.2. The van der Waals surface area contributed by atoms with Crippen molar-refractivity contribution in [1.29, 1.82) is 0 Å². The van der Waals surface area contributed by atoms with E-state index in [1.165, 1.54) is 6.33 Å². The quantitative estimate of drug-likeness (QED) is 0.614. The van der Waals surface area contributed by atoms with E-state index in [4.69, 9.17) is 27.9 Å². The zero-order valence-corrected chi connectivity index (χ0v) is 11.4. The molecule has 0 aliphatic carbocycles. The fourth-order valence-corrected chi connectivity index (χ4v) is 2.45. The molecule has 1 saturated heterocycles. The van der Waals surface area contributed by atoms with E-state index in [9.17, 15) is 0 Å². The maximum atomic E-state index is 6.04. The molecule has 1 aliphatic rings. The Hall–Kier alpha value is -0.580. The van der Waals surface area contributed by atoms with Crippen LogP contribution in [0.1, 0.15) is 19.4 Å². The number of hydrogen-bond acceptors (Lipinski definition) is 4. The average Bonchev–Trinajstić information content (AvgIpc) is 2.32. The summed E-state index contributed by atoms with van der Waals surface area (Å²) in [7, 11) is 0. The topological polar surface area (TPSA) is 38.2 Å². The lowest BCUT2D eigenvalue weighted by molar-refractivity contribution is 0.0340. The second-order valence-electron chi connectivity index (χ2n) is 4.25. The number of aromatic nitrogens is 2. The van der Waals surface area contributed by atoms with Gasteiger partial charge in [0.25, 0.3) is 0 Å². The van der Waals surface area contributed by atoms with Crippen LogP contribution in [-0.4, -0.2) is 35.3 Å². The SMILES string of the molecule is CC1CN(c2ncnc(Cl)c2CCl)C(C)CO1. The molecule has 0 spiro atoms. The molecule has 2 atom stereocenters. The minimum atomic E-state index is 0.183. The Morgan fingerprint density at radius 3 is 2.94 bits per heavy atom. The predicted molar refractivity (Wildman–Crippen MR) is 68.8 cm³/mol. The number of alkyl halides is 1. The highest BCUT2D eigenvalue weighted by Gasteiger charge is 2.27. The van der Waals surface area contributed by atoms with Crippen molar-refractivity contribution >= 4 is 29.0 Å². The summed E-state index contributed by atoms with van der Waals surface area (Å²) >= 11 is 12.0. The third-order valence-electron chi connectivity index (χ3n) is 2.88. The number of hydrogen-bond donors (Lipinski definition) is 0. The van der Waals surface area contributed by atoms with Gasteiger partial charge in [0.15, 0.2) is 0 Å². The molecule has 0 aromatic carbocycles. The molecule has 0 amide bonds. The van der Waals surface area contributed by atoms with Crippen LogP contribution in [-0.2, 0) is 10.6 Å². The van der Waals surface area contributed by atoms with Crippen LogP contribution in [0.4, 0.5) is 5.82 Å². The number of morpholine rings is 1. The maximum Gasteiger partial charge on any atom is 0.138 e. The number of ether oxygens (including phenoxy) is 1. The maximum absolute atomic E-state index is 6.04. The molecule has 94 valence electrons. The minimum absolute atomic E-state index is 0.183. The van der Waals surface area contributed by atoms with Crippen LogP contribution < -0.4 is 4.90 Å². The van der Waals surface area contributed by atoms with E-state index < -0.39 is 0 Å². The van der Waals surface area contributed by atoms with Crippen LogP contribution >= 0.6 is 23.2 Å². The summed E-state index contributed by atoms with van der Waals surface area (Å²) in [5.41, 5.74) is 0.789. The van der Waals surface area contributed by atoms with Crippen molar-refractivity contribution in [2.45, 2.75) is 31.9 Å². The van der Waals surface area contributed by atoms with Crippen LogP contribution in [0.25, 0.3) is 0 Å². The van der Waals surface area contributed by atoms with Gasteiger partial charge in [0.2, 0.25) is 0 Å². The second kappa shape index (κ2) is 5.38. The summed E-state index contributed by atoms with van der Waals surface area (Å²) in [4.78, 5) is 10.5. The predicted octanol–water partition coefficient (Wildman–Crippen LogP) is 2.48. The van der Waals surface area contributed by atoms with Gasteiger partial charge in [0.1, 0.15) is 17.3 Å². The van der Waals surface area contributed by atoms with Gasteiger partial charge < -0.3 is 9.64 Å². The Labute approximate surface area is 111 Å². The van der Waals surface area contributed by atoms with Crippen LogP contribution in [0.3, 0.4) is 0 Å². The van der Waals surface area contributed by atoms with Gasteiger partial charge >= 0.3 is 0 Å². The zero-order valence-electron chi connectivity index (χ0n) is 9.86. The molecule has 4 nitrogen and oxygen atoms in total. The molecule has 1 fully saturated rings. The van der Waals surface area contributed by atoms with Crippen molar-refractivity contribution in [3.8, 4) is 0 Å². The molecule has 2 heterocycles. The fourth-order valence-electron chi connectivity index (χ4n) is 1.94. The smallest absolute Gasteiger partial charge is 0.138 e. The van der Waals surface area contributed by atoms with Crippen molar-refractivity contribution in [2.24, 2.45) is 0 Å². The summed E-state index contributed by atoms with van der Waals surface area (Å²) < 4.78 is 5.59. The number of anilines is 1. The number of rotatable bonds is 2. The monoisotopic (exact) mass is 275 g/mol. The summed E-state index contributed by atoms with van der Waals surface area (Å²) in [6, 6.07) is 0.263. The normalized spacial score (nSPS) is 25.1. The standard InChI is InChI=1S/C11H15Cl2N3O/c1-7-5-17-8(2)4-16(7)11-9(3-12)10(13)14-6-15-11/h6-8H,3-5H2,1-2H3. The number of nitrogens with zero attached hydrogens (tertiary/aromatic N) is 3. The molecule has 0 N–H and O–H groups in total. The van der Waals surface area contributed by atoms with Gasteiger partial charge in [-0.25, -0.2) is 9.97 Å². The summed E-state index contributed by atoms with van der Waals surface area (Å²) in [6.45, 7) is 5.62. The van der Waals surface area contributed by atoms with Gasteiger partial charge in [0.05, 0.1) is 24.6 Å². The fraction of sp³-hybridized carbons (Fsp3) is 0.636. The Morgan fingerprint density at radius 2 is 2.24 bits per heavy atom. The van der Waals surface area contributed by atoms with Gasteiger partial charge in [-0.15, -0.1) is 11.6 Å². The molecule has 0 saturated carbocycles. The van der Waals surface area contributed by atoms with Gasteiger partial charge in [-0.3, -0.25) is 0 Å². The van der Waals surface area contributed by atoms with Crippen LogP contribution in [0.5, 0.6) is 0 Å². The first-order chi connectivity index (χ1) is 8.13.